The first-order valence-electron chi connectivity index (χ1n) is 12.9. The number of alkyl halides is 3. The number of nitrogens with two attached hydrogens (primary N) is 1. The maximum absolute atomic E-state index is 14.5. The molecule has 1 unspecified atom stereocenters. The molecule has 4 heterocycles. The minimum absolute atomic E-state index is 0.0242. The van der Waals surface area contributed by atoms with Crippen molar-refractivity contribution in [1.29, 1.82) is 0 Å². The summed E-state index contributed by atoms with van der Waals surface area (Å²) in [5.41, 5.74) is 4.47. The van der Waals surface area contributed by atoms with Crippen molar-refractivity contribution >= 4 is 23.2 Å². The van der Waals surface area contributed by atoms with Gasteiger partial charge in [0.25, 0.3) is 0 Å². The summed E-state index contributed by atoms with van der Waals surface area (Å²) in [5, 5.41) is 12.6. The van der Waals surface area contributed by atoms with Crippen LogP contribution in [0.2, 0.25) is 0 Å². The number of phenolic OH excluding ortho intramolecular Hbond substituents is 1. The molecule has 1 amide bonds. The Hall–Kier alpha value is -4.29. The first-order chi connectivity index (χ1) is 19.0. The Morgan fingerprint density at radius 3 is 2.62 bits per heavy atom. The monoisotopic (exact) mass is 555 g/mol. The van der Waals surface area contributed by atoms with Crippen molar-refractivity contribution in [3.8, 4) is 17.3 Å². The molecule has 9 nitrogen and oxygen atoms in total. The van der Waals surface area contributed by atoms with Gasteiger partial charge in [-0.1, -0.05) is 32.1 Å². The van der Waals surface area contributed by atoms with Gasteiger partial charge in [-0.2, -0.15) is 13.2 Å². The number of aromatic nitrogens is 5. The molecule has 40 heavy (non-hydrogen) atoms. The number of nitrogen functional groups attached to an aromatic ring is 1. The molecule has 1 aromatic carbocycles. The number of carbonyl (C=O) groups is 1. The number of rotatable bonds is 4. The fourth-order valence-electron chi connectivity index (χ4n) is 5.87. The molecule has 6 rings (SSSR count). The van der Waals surface area contributed by atoms with Crippen LogP contribution in [0.5, 0.6) is 5.75 Å². The third-order valence-corrected chi connectivity index (χ3v) is 7.93. The van der Waals surface area contributed by atoms with Gasteiger partial charge < -0.3 is 20.6 Å². The fraction of sp³-hybridized carbons (Fsp3) is 0.370. The number of anilines is 2. The third kappa shape index (κ3) is 4.11. The van der Waals surface area contributed by atoms with E-state index in [1.165, 1.54) is 26.2 Å². The Kier molecular flexibility index (Phi) is 5.93. The van der Waals surface area contributed by atoms with Crippen molar-refractivity contribution in [2.24, 2.45) is 5.92 Å². The molecular formula is C27H25F4N7O2. The van der Waals surface area contributed by atoms with Gasteiger partial charge in [-0.3, -0.25) is 4.79 Å². The van der Waals surface area contributed by atoms with Gasteiger partial charge >= 0.3 is 6.18 Å². The fourth-order valence-corrected chi connectivity index (χ4v) is 5.87. The van der Waals surface area contributed by atoms with Crippen LogP contribution in [0.1, 0.15) is 61.4 Å². The molecule has 0 bridgehead atoms. The van der Waals surface area contributed by atoms with Gasteiger partial charge in [-0.25, -0.2) is 24.3 Å². The van der Waals surface area contributed by atoms with Crippen LogP contribution >= 0.6 is 0 Å². The van der Waals surface area contributed by atoms with Crippen LogP contribution in [0, 0.1) is 11.7 Å². The average Bonchev–Trinajstić information content (AvgIpc) is 3.46. The number of amides is 1. The second-order valence-corrected chi connectivity index (χ2v) is 10.5. The molecule has 3 aromatic heterocycles. The highest BCUT2D eigenvalue weighted by molar-refractivity contribution is 6.09. The number of nitrogens with zero attached hydrogens (tertiary/aromatic N) is 5. The van der Waals surface area contributed by atoms with Gasteiger partial charge in [0.15, 0.2) is 11.5 Å². The van der Waals surface area contributed by atoms with E-state index in [2.05, 4.69) is 20.3 Å². The van der Waals surface area contributed by atoms with Crippen molar-refractivity contribution in [3.05, 3.63) is 58.9 Å². The Balaban J connectivity index is 1.43. The maximum Gasteiger partial charge on any atom is 0.422 e. The van der Waals surface area contributed by atoms with Crippen molar-refractivity contribution in [1.82, 2.24) is 24.3 Å². The molecule has 4 aromatic rings. The molecule has 1 fully saturated rings. The normalized spacial score (nSPS) is 19.7. The number of fused-ring (bicyclic) bond motifs is 2. The van der Waals surface area contributed by atoms with E-state index >= 15 is 0 Å². The molecule has 13 heteroatoms. The molecule has 0 saturated heterocycles. The number of hydrogen-bond donors (Lipinski definition) is 3. The summed E-state index contributed by atoms with van der Waals surface area (Å²) in [6.45, 7) is 1.35. The zero-order valence-corrected chi connectivity index (χ0v) is 21.4. The van der Waals surface area contributed by atoms with Crippen molar-refractivity contribution < 1.29 is 27.5 Å². The minimum Gasteiger partial charge on any atom is -0.507 e. The summed E-state index contributed by atoms with van der Waals surface area (Å²) in [4.78, 5) is 31.3. The van der Waals surface area contributed by atoms with Crippen LogP contribution in [0.15, 0.2) is 30.7 Å². The van der Waals surface area contributed by atoms with E-state index in [1.54, 1.807) is 18.6 Å². The topological polar surface area (TPSA) is 131 Å². The lowest BCUT2D eigenvalue weighted by molar-refractivity contribution is -0.141. The smallest absolute Gasteiger partial charge is 0.422 e. The van der Waals surface area contributed by atoms with Crippen LogP contribution in [0.3, 0.4) is 0 Å². The van der Waals surface area contributed by atoms with Crippen LogP contribution in [0.25, 0.3) is 17.2 Å². The van der Waals surface area contributed by atoms with Gasteiger partial charge in [0.2, 0.25) is 5.91 Å². The van der Waals surface area contributed by atoms with E-state index in [1.807, 2.05) is 4.40 Å². The standard InChI is InChI=1S/C27H25F4N7O2/c1-26(14-10-15(28)19(18(39)11-14)27(29,30)31)20-21(32)35-22(36-23(20)37-25(26)40)17-12-38-8-7-33-24(38)16(34-17)9-13-5-3-2-4-6-13/h7-8,10-13,39H,2-6,9H2,1H3,(H3,32,35,36,37,40). The Bertz CT molecular complexity index is 1640. The number of aromatic hydroxyl groups is 1. The molecule has 1 aliphatic carbocycles. The predicted molar refractivity (Wildman–Crippen MR) is 137 cm³/mol. The Morgan fingerprint density at radius 1 is 1.18 bits per heavy atom. The zero-order valence-electron chi connectivity index (χ0n) is 21.4. The SMILES string of the molecule is CC1(c2cc(O)c(C(F)(F)F)c(F)c2)C(=O)Nc2nc(-c3cn4ccnc4c(CC4CCCCC4)n3)nc(N)c21. The van der Waals surface area contributed by atoms with E-state index < -0.39 is 34.6 Å². The number of carbonyl (C=O) groups excluding carboxylic acids is 1. The van der Waals surface area contributed by atoms with E-state index in [0.717, 1.165) is 30.6 Å². The molecule has 1 atom stereocenters. The van der Waals surface area contributed by atoms with Gasteiger partial charge in [-0.05, 0) is 37.0 Å². The van der Waals surface area contributed by atoms with Gasteiger partial charge in [-0.15, -0.1) is 0 Å². The summed E-state index contributed by atoms with van der Waals surface area (Å²) in [6.07, 6.45) is 6.60. The summed E-state index contributed by atoms with van der Waals surface area (Å²) >= 11 is 0. The average molecular weight is 556 g/mol. The van der Waals surface area contributed by atoms with Crippen LogP contribution in [0.4, 0.5) is 29.2 Å². The zero-order chi connectivity index (χ0) is 28.4. The molecule has 208 valence electrons. The molecule has 1 aliphatic heterocycles. The lowest BCUT2D eigenvalue weighted by Crippen LogP contribution is -2.33. The van der Waals surface area contributed by atoms with Crippen LogP contribution < -0.4 is 11.1 Å². The van der Waals surface area contributed by atoms with E-state index in [-0.39, 0.29) is 28.6 Å². The number of benzene rings is 1. The van der Waals surface area contributed by atoms with Crippen LogP contribution in [-0.2, 0) is 22.8 Å². The molecule has 0 radical (unpaired) electrons. The maximum atomic E-state index is 14.5. The van der Waals surface area contributed by atoms with Gasteiger partial charge in [0.1, 0.15) is 39.9 Å². The van der Waals surface area contributed by atoms with Crippen molar-refractivity contribution in [2.45, 2.75) is 57.0 Å². The van der Waals surface area contributed by atoms with Crippen molar-refractivity contribution in [3.63, 3.8) is 0 Å². The molecular weight excluding hydrogens is 530 g/mol. The van der Waals surface area contributed by atoms with E-state index in [9.17, 15) is 27.5 Å². The van der Waals surface area contributed by atoms with E-state index in [4.69, 9.17) is 10.7 Å². The number of imidazole rings is 1. The lowest BCUT2D eigenvalue weighted by Gasteiger charge is -2.24. The lowest BCUT2D eigenvalue weighted by atomic mass is 9.77. The first-order valence-corrected chi connectivity index (χ1v) is 12.9. The largest absolute Gasteiger partial charge is 0.507 e. The van der Waals surface area contributed by atoms with Gasteiger partial charge in [0, 0.05) is 18.6 Å². The highest BCUT2D eigenvalue weighted by atomic mass is 19.4. The highest BCUT2D eigenvalue weighted by Crippen LogP contribution is 2.47. The minimum atomic E-state index is -5.13. The third-order valence-electron chi connectivity index (χ3n) is 7.93. The molecule has 1 saturated carbocycles. The Labute approximate surface area is 225 Å². The van der Waals surface area contributed by atoms with E-state index in [0.29, 0.717) is 23.7 Å². The Morgan fingerprint density at radius 2 is 1.93 bits per heavy atom. The van der Waals surface area contributed by atoms with Crippen LogP contribution in [-0.4, -0.2) is 35.4 Å². The molecule has 2 aliphatic rings. The summed E-state index contributed by atoms with van der Waals surface area (Å²) in [6, 6.07) is 1.27. The second-order valence-electron chi connectivity index (χ2n) is 10.5. The number of hydrogen-bond acceptors (Lipinski definition) is 7. The summed E-state index contributed by atoms with van der Waals surface area (Å²) in [5.74, 6) is -3.27. The molecule has 4 N–H and O–H groups in total. The summed E-state index contributed by atoms with van der Waals surface area (Å²) < 4.78 is 56.0. The highest BCUT2D eigenvalue weighted by Gasteiger charge is 2.49. The molecule has 0 spiro atoms. The van der Waals surface area contributed by atoms with Crippen molar-refractivity contribution in [2.75, 3.05) is 11.1 Å². The van der Waals surface area contributed by atoms with Gasteiger partial charge in [0.05, 0.1) is 11.3 Å². The quantitative estimate of drug-likeness (QED) is 0.302. The summed E-state index contributed by atoms with van der Waals surface area (Å²) in [7, 11) is 0. The number of nitrogens with one attached hydrogen (secondary N) is 1. The number of halogens is 4. The second kappa shape index (κ2) is 9.14. The predicted octanol–water partition coefficient (Wildman–Crippen LogP) is 5.01. The number of phenols is 1. The first kappa shape index (κ1) is 26.0.